The van der Waals surface area contributed by atoms with Crippen LogP contribution in [0.1, 0.15) is 23.8 Å². The van der Waals surface area contributed by atoms with Crippen molar-refractivity contribution in [2.45, 2.75) is 13.5 Å². The first kappa shape index (κ1) is 26.3. The zero-order valence-corrected chi connectivity index (χ0v) is 21.2. The molecule has 3 rings (SSSR count). The molecular weight excluding hydrogens is 528 g/mol. The molecule has 0 aliphatic heterocycles. The molecule has 0 bridgehead atoms. The Bertz CT molecular complexity index is 1310. The fourth-order valence-corrected chi connectivity index (χ4v) is 3.63. The largest absolute Gasteiger partial charge is 0.493 e. The summed E-state index contributed by atoms with van der Waals surface area (Å²) in [5.41, 5.74) is 1.25. The molecule has 1 amide bonds. The smallest absolute Gasteiger partial charge is 0.336 e. The zero-order valence-electron chi connectivity index (χ0n) is 19.6. The molecule has 2 aromatic carbocycles. The Morgan fingerprint density at radius 3 is 2.58 bits per heavy atom. The maximum absolute atomic E-state index is 12.3. The molecule has 0 unspecified atom stereocenters. The van der Waals surface area contributed by atoms with E-state index in [1.165, 1.54) is 25.5 Å². The van der Waals surface area contributed by atoms with Gasteiger partial charge in [-0.05, 0) is 82.5 Å². The van der Waals surface area contributed by atoms with Crippen molar-refractivity contribution >= 4 is 40.0 Å². The third-order valence-electron chi connectivity index (χ3n) is 4.73. The predicted molar refractivity (Wildman–Crippen MR) is 137 cm³/mol. The molecule has 0 radical (unpaired) electrons. The Hall–Kier alpha value is -4.29. The van der Waals surface area contributed by atoms with Gasteiger partial charge < -0.3 is 23.9 Å². The highest BCUT2D eigenvalue weighted by atomic mass is 79.9. The van der Waals surface area contributed by atoms with Gasteiger partial charge in [0.1, 0.15) is 23.2 Å². The van der Waals surface area contributed by atoms with Crippen LogP contribution < -0.4 is 19.5 Å². The first-order valence-electron chi connectivity index (χ1n) is 10.9. The van der Waals surface area contributed by atoms with Crippen LogP contribution in [0.25, 0.3) is 12.2 Å². The number of ether oxygens (including phenoxy) is 3. The van der Waals surface area contributed by atoms with Crippen LogP contribution in [0.5, 0.6) is 17.2 Å². The van der Waals surface area contributed by atoms with E-state index in [-0.39, 0.29) is 12.1 Å². The second-order valence-electron chi connectivity index (χ2n) is 7.22. The number of nitrogens with one attached hydrogen (secondary N) is 1. The highest BCUT2D eigenvalue weighted by Gasteiger charge is 2.11. The first-order chi connectivity index (χ1) is 17.4. The van der Waals surface area contributed by atoms with Crippen LogP contribution in [0.2, 0.25) is 0 Å². The summed E-state index contributed by atoms with van der Waals surface area (Å²) in [6, 6.07) is 15.3. The van der Waals surface area contributed by atoms with E-state index in [2.05, 4.69) is 21.2 Å². The molecule has 0 spiro atoms. The first-order valence-corrected chi connectivity index (χ1v) is 11.7. The summed E-state index contributed by atoms with van der Waals surface area (Å²) < 4.78 is 22.1. The van der Waals surface area contributed by atoms with Gasteiger partial charge in [-0.15, -0.1) is 0 Å². The Morgan fingerprint density at radius 2 is 1.94 bits per heavy atom. The number of hydrogen-bond donors (Lipinski definition) is 1. The van der Waals surface area contributed by atoms with E-state index in [0.29, 0.717) is 45.2 Å². The molecule has 9 heteroatoms. The minimum Gasteiger partial charge on any atom is -0.493 e. The van der Waals surface area contributed by atoms with Crippen molar-refractivity contribution in [3.63, 3.8) is 0 Å². The van der Waals surface area contributed by atoms with Crippen molar-refractivity contribution < 1.29 is 28.2 Å². The monoisotopic (exact) mass is 550 g/mol. The van der Waals surface area contributed by atoms with Gasteiger partial charge in [0.25, 0.3) is 5.91 Å². The minimum atomic E-state index is -0.572. The molecule has 0 atom stereocenters. The number of methoxy groups -OCH3 is 1. The van der Waals surface area contributed by atoms with Gasteiger partial charge in [-0.3, -0.25) is 4.79 Å². The highest BCUT2D eigenvalue weighted by Crippen LogP contribution is 2.37. The Balaban J connectivity index is 1.61. The van der Waals surface area contributed by atoms with Gasteiger partial charge >= 0.3 is 5.97 Å². The van der Waals surface area contributed by atoms with Crippen molar-refractivity contribution in [3.05, 3.63) is 87.8 Å². The van der Waals surface area contributed by atoms with Crippen LogP contribution in [0.15, 0.2) is 75.3 Å². The lowest BCUT2D eigenvalue weighted by Gasteiger charge is -2.12. The van der Waals surface area contributed by atoms with Crippen LogP contribution >= 0.6 is 15.9 Å². The van der Waals surface area contributed by atoms with Gasteiger partial charge in [-0.25, -0.2) is 4.79 Å². The third kappa shape index (κ3) is 7.35. The van der Waals surface area contributed by atoms with E-state index < -0.39 is 11.9 Å². The van der Waals surface area contributed by atoms with Gasteiger partial charge in [-0.1, -0.05) is 12.1 Å². The van der Waals surface area contributed by atoms with Crippen LogP contribution in [-0.4, -0.2) is 25.6 Å². The molecule has 3 aromatic rings. The van der Waals surface area contributed by atoms with Gasteiger partial charge in [0.15, 0.2) is 11.5 Å². The van der Waals surface area contributed by atoms with Gasteiger partial charge in [0, 0.05) is 6.08 Å². The average molecular weight is 551 g/mol. The molecule has 1 heterocycles. The van der Waals surface area contributed by atoms with E-state index in [1.807, 2.05) is 13.0 Å². The second-order valence-corrected chi connectivity index (χ2v) is 8.08. The molecule has 1 N–H and O–H groups in total. The van der Waals surface area contributed by atoms with Crippen molar-refractivity contribution in [1.82, 2.24) is 5.32 Å². The maximum Gasteiger partial charge on any atom is 0.336 e. The van der Waals surface area contributed by atoms with E-state index in [0.717, 1.165) is 0 Å². The van der Waals surface area contributed by atoms with E-state index >= 15 is 0 Å². The van der Waals surface area contributed by atoms with Crippen molar-refractivity contribution in [2.75, 3.05) is 13.7 Å². The van der Waals surface area contributed by atoms with E-state index in [4.69, 9.17) is 18.6 Å². The molecule has 0 saturated heterocycles. The topological polar surface area (TPSA) is 111 Å². The molecule has 0 aliphatic carbocycles. The average Bonchev–Trinajstić information content (AvgIpc) is 3.40. The summed E-state index contributed by atoms with van der Waals surface area (Å²) in [7, 11) is 1.54. The highest BCUT2D eigenvalue weighted by molar-refractivity contribution is 9.10. The molecule has 1 aromatic heterocycles. The summed E-state index contributed by atoms with van der Waals surface area (Å²) in [4.78, 5) is 24.5. The number of carbonyl (C=O) groups excluding carboxylic acids is 2. The summed E-state index contributed by atoms with van der Waals surface area (Å²) in [6.45, 7) is 2.54. The standard InChI is InChI=1S/C27H23BrN2O6/c1-3-34-26-23(28)14-19(15-24(26)33-2)8-11-25(31)36-21-9-6-18(7-10-21)13-20(16-29)27(32)30-17-22-5-4-12-35-22/h4-15H,3,17H2,1-2H3,(H,30,32)/b11-8+,20-13+. The summed E-state index contributed by atoms with van der Waals surface area (Å²) in [5, 5.41) is 12.0. The van der Waals surface area contributed by atoms with Crippen molar-refractivity contribution in [3.8, 4) is 23.3 Å². The number of hydrogen-bond acceptors (Lipinski definition) is 7. The van der Waals surface area contributed by atoms with Crippen LogP contribution in [0.3, 0.4) is 0 Å². The Kier molecular flexibility index (Phi) is 9.48. The van der Waals surface area contributed by atoms with Crippen LogP contribution in [-0.2, 0) is 16.1 Å². The van der Waals surface area contributed by atoms with Crippen LogP contribution in [0, 0.1) is 11.3 Å². The number of nitrogens with zero attached hydrogens (tertiary/aromatic N) is 1. The number of nitriles is 1. The van der Waals surface area contributed by atoms with Crippen molar-refractivity contribution in [2.24, 2.45) is 0 Å². The Morgan fingerprint density at radius 1 is 1.17 bits per heavy atom. The number of amides is 1. The van der Waals surface area contributed by atoms with Crippen LogP contribution in [0.4, 0.5) is 0 Å². The molecule has 0 saturated carbocycles. The van der Waals surface area contributed by atoms with E-state index in [9.17, 15) is 14.9 Å². The molecule has 0 aliphatic rings. The maximum atomic E-state index is 12.3. The molecule has 184 valence electrons. The number of furan rings is 1. The number of rotatable bonds is 10. The second kappa shape index (κ2) is 13.0. The Labute approximate surface area is 216 Å². The molecule has 8 nitrogen and oxygen atoms in total. The van der Waals surface area contributed by atoms with Gasteiger partial charge in [0.05, 0.1) is 31.0 Å². The third-order valence-corrected chi connectivity index (χ3v) is 5.32. The lowest BCUT2D eigenvalue weighted by atomic mass is 10.1. The lowest BCUT2D eigenvalue weighted by molar-refractivity contribution is -0.128. The normalized spacial score (nSPS) is 11.1. The van der Waals surface area contributed by atoms with E-state index in [1.54, 1.807) is 54.6 Å². The number of halogens is 1. The predicted octanol–water partition coefficient (Wildman–Crippen LogP) is 5.29. The molecule has 36 heavy (non-hydrogen) atoms. The number of carbonyl (C=O) groups is 2. The zero-order chi connectivity index (χ0) is 25.9. The number of benzene rings is 2. The van der Waals surface area contributed by atoms with Gasteiger partial charge in [0.2, 0.25) is 0 Å². The summed E-state index contributed by atoms with van der Waals surface area (Å²) >= 11 is 3.45. The molecule has 0 fully saturated rings. The number of esters is 1. The summed E-state index contributed by atoms with van der Waals surface area (Å²) in [5.74, 6) is 0.922. The lowest BCUT2D eigenvalue weighted by Crippen LogP contribution is -2.23. The fraction of sp³-hybridized carbons (Fsp3) is 0.148. The quantitative estimate of drug-likeness (QED) is 0.158. The fourth-order valence-electron chi connectivity index (χ4n) is 3.06. The minimum absolute atomic E-state index is 0.0637. The SMILES string of the molecule is CCOc1c(Br)cc(/C=C/C(=O)Oc2ccc(/C=C(\C#N)C(=O)NCc3ccco3)cc2)cc1OC. The summed E-state index contributed by atoms with van der Waals surface area (Å²) in [6.07, 6.45) is 5.85. The van der Waals surface area contributed by atoms with Crippen molar-refractivity contribution in [1.29, 1.82) is 5.26 Å². The van der Waals surface area contributed by atoms with Gasteiger partial charge in [-0.2, -0.15) is 5.26 Å². The molecular formula is C27H23BrN2O6.